The molecule has 1 heterocycles. The Labute approximate surface area is 144 Å². The molecule has 0 radical (unpaired) electrons. The molecule has 0 aliphatic heterocycles. The van der Waals surface area contributed by atoms with Crippen LogP contribution in [-0.2, 0) is 11.3 Å². The minimum atomic E-state index is -0.585. The summed E-state index contributed by atoms with van der Waals surface area (Å²) in [5, 5.41) is 1.22. The minimum absolute atomic E-state index is 0.0265. The van der Waals surface area contributed by atoms with Gasteiger partial charge in [0.25, 0.3) is 0 Å². The Hall–Kier alpha value is -1.29. The largest absolute Gasteiger partial charge is 0.456 e. The van der Waals surface area contributed by atoms with Crippen molar-refractivity contribution < 1.29 is 9.53 Å². The molecule has 0 bridgehead atoms. The van der Waals surface area contributed by atoms with Gasteiger partial charge in [0.15, 0.2) is 5.69 Å². The maximum Gasteiger partial charge on any atom is 0.358 e. The van der Waals surface area contributed by atoms with Crippen molar-refractivity contribution in [3.05, 3.63) is 62.4 Å². The van der Waals surface area contributed by atoms with E-state index in [4.69, 9.17) is 39.5 Å². The summed E-state index contributed by atoms with van der Waals surface area (Å²) in [6.45, 7) is 4.00. The lowest BCUT2D eigenvalue weighted by Gasteiger charge is -2.10. The molecule has 3 nitrogen and oxygen atoms in total. The molecule has 1 aromatic carbocycles. The van der Waals surface area contributed by atoms with Crippen LogP contribution in [0, 0.1) is 0 Å². The van der Waals surface area contributed by atoms with E-state index in [1.807, 2.05) is 13.8 Å². The molecule has 0 aliphatic rings. The molecule has 22 heavy (non-hydrogen) atoms. The summed E-state index contributed by atoms with van der Waals surface area (Å²) in [4.78, 5) is 16.4. The first-order valence-corrected chi connectivity index (χ1v) is 7.79. The van der Waals surface area contributed by atoms with E-state index >= 15 is 0 Å². The Kier molecular flexibility index (Phi) is 5.68. The molecule has 2 rings (SSSR count). The number of ether oxygens (including phenoxy) is 1. The van der Waals surface area contributed by atoms with E-state index < -0.39 is 5.97 Å². The van der Waals surface area contributed by atoms with Gasteiger partial charge in [0, 0.05) is 21.3 Å². The number of halogens is 3. The van der Waals surface area contributed by atoms with Crippen LogP contribution < -0.4 is 0 Å². The van der Waals surface area contributed by atoms with E-state index in [1.54, 1.807) is 30.3 Å². The Morgan fingerprint density at radius 2 is 1.86 bits per heavy atom. The summed E-state index contributed by atoms with van der Waals surface area (Å²) in [7, 11) is 0. The molecule has 0 unspecified atom stereocenters. The number of nitrogens with zero attached hydrogens (tertiary/aromatic N) is 1. The van der Waals surface area contributed by atoms with Gasteiger partial charge < -0.3 is 4.74 Å². The summed E-state index contributed by atoms with van der Waals surface area (Å²) in [6, 6.07) is 8.42. The predicted octanol–water partition coefficient (Wildman–Crippen LogP) is 5.52. The van der Waals surface area contributed by atoms with Crippen molar-refractivity contribution >= 4 is 40.8 Å². The van der Waals surface area contributed by atoms with E-state index in [2.05, 4.69) is 4.98 Å². The van der Waals surface area contributed by atoms with Crippen LogP contribution in [0.3, 0.4) is 0 Å². The smallest absolute Gasteiger partial charge is 0.358 e. The maximum absolute atomic E-state index is 12.2. The fourth-order valence-corrected chi connectivity index (χ4v) is 2.42. The maximum atomic E-state index is 12.2. The van der Waals surface area contributed by atoms with E-state index in [9.17, 15) is 4.79 Å². The molecule has 0 fully saturated rings. The van der Waals surface area contributed by atoms with Gasteiger partial charge in [0.05, 0.1) is 5.02 Å². The molecule has 0 spiro atoms. The zero-order chi connectivity index (χ0) is 16.3. The van der Waals surface area contributed by atoms with Crippen molar-refractivity contribution in [2.45, 2.75) is 26.4 Å². The van der Waals surface area contributed by atoms with Gasteiger partial charge in [-0.05, 0) is 30.2 Å². The fourth-order valence-electron chi connectivity index (χ4n) is 1.77. The van der Waals surface area contributed by atoms with Gasteiger partial charge in [-0.3, -0.25) is 0 Å². The average molecular weight is 359 g/mol. The number of pyridine rings is 1. The normalized spacial score (nSPS) is 10.8. The molecule has 0 amide bonds. The van der Waals surface area contributed by atoms with Crippen molar-refractivity contribution in [3.63, 3.8) is 0 Å². The van der Waals surface area contributed by atoms with Gasteiger partial charge in [-0.25, -0.2) is 9.78 Å². The van der Waals surface area contributed by atoms with Gasteiger partial charge in [0.2, 0.25) is 0 Å². The molecule has 1 aromatic heterocycles. The molecule has 0 N–H and O–H groups in total. The van der Waals surface area contributed by atoms with Crippen LogP contribution >= 0.6 is 34.8 Å². The zero-order valence-electron chi connectivity index (χ0n) is 12.1. The molecule has 6 heteroatoms. The third kappa shape index (κ3) is 4.13. The first kappa shape index (κ1) is 17.1. The molecule has 0 aliphatic carbocycles. The Morgan fingerprint density at radius 1 is 1.14 bits per heavy atom. The van der Waals surface area contributed by atoms with Crippen molar-refractivity contribution in [2.75, 3.05) is 0 Å². The molecular weight excluding hydrogens is 345 g/mol. The Balaban J connectivity index is 2.14. The second kappa shape index (κ2) is 7.32. The molecular formula is C16H14Cl3NO2. The topological polar surface area (TPSA) is 39.2 Å². The van der Waals surface area contributed by atoms with Crippen LogP contribution in [0.1, 0.15) is 41.5 Å². The van der Waals surface area contributed by atoms with Crippen LogP contribution in [0.15, 0.2) is 30.3 Å². The molecule has 116 valence electrons. The number of hydrogen-bond acceptors (Lipinski definition) is 3. The summed E-state index contributed by atoms with van der Waals surface area (Å²) in [5.41, 5.74) is 1.55. The van der Waals surface area contributed by atoms with Crippen molar-refractivity contribution in [2.24, 2.45) is 0 Å². The van der Waals surface area contributed by atoms with Gasteiger partial charge in [-0.2, -0.15) is 0 Å². The third-order valence-electron chi connectivity index (χ3n) is 3.03. The van der Waals surface area contributed by atoms with Crippen molar-refractivity contribution in [1.82, 2.24) is 4.98 Å². The Bertz CT molecular complexity index is 702. The highest BCUT2D eigenvalue weighted by atomic mass is 35.5. The predicted molar refractivity (Wildman–Crippen MR) is 88.9 cm³/mol. The Morgan fingerprint density at radius 3 is 2.50 bits per heavy atom. The van der Waals surface area contributed by atoms with Gasteiger partial charge in [-0.1, -0.05) is 54.7 Å². The zero-order valence-corrected chi connectivity index (χ0v) is 14.3. The van der Waals surface area contributed by atoms with Crippen molar-refractivity contribution in [1.29, 1.82) is 0 Å². The summed E-state index contributed by atoms with van der Waals surface area (Å²) >= 11 is 17.9. The number of rotatable bonds is 4. The summed E-state index contributed by atoms with van der Waals surface area (Å²) < 4.78 is 5.24. The lowest BCUT2D eigenvalue weighted by Crippen LogP contribution is -2.10. The standard InChI is InChI=1S/C16H14Cl3NO2/c1-9(2)14-6-5-12(18)15(20-14)16(21)22-8-10-3-4-11(17)7-13(10)19/h3-7,9H,8H2,1-2H3. The van der Waals surface area contributed by atoms with Crippen LogP contribution in [0.25, 0.3) is 0 Å². The summed E-state index contributed by atoms with van der Waals surface area (Å²) in [6.07, 6.45) is 0. The SMILES string of the molecule is CC(C)c1ccc(Cl)c(C(=O)OCc2ccc(Cl)cc2Cl)n1. The molecule has 2 aromatic rings. The monoisotopic (exact) mass is 357 g/mol. The van der Waals surface area contributed by atoms with E-state index in [1.165, 1.54) is 0 Å². The first-order valence-electron chi connectivity index (χ1n) is 6.66. The van der Waals surface area contributed by atoms with E-state index in [-0.39, 0.29) is 23.2 Å². The number of carbonyl (C=O) groups excluding carboxylic acids is 1. The first-order chi connectivity index (χ1) is 10.4. The quantitative estimate of drug-likeness (QED) is 0.675. The van der Waals surface area contributed by atoms with Crippen LogP contribution in [0.4, 0.5) is 0 Å². The number of aromatic nitrogens is 1. The third-order valence-corrected chi connectivity index (χ3v) is 3.92. The van der Waals surface area contributed by atoms with Gasteiger partial charge >= 0.3 is 5.97 Å². The number of hydrogen-bond donors (Lipinski definition) is 0. The highest BCUT2D eigenvalue weighted by Gasteiger charge is 2.16. The van der Waals surface area contributed by atoms with E-state index in [0.717, 1.165) is 5.69 Å². The van der Waals surface area contributed by atoms with Crippen LogP contribution in [-0.4, -0.2) is 11.0 Å². The summed E-state index contributed by atoms with van der Waals surface area (Å²) in [5.74, 6) is -0.395. The van der Waals surface area contributed by atoms with E-state index in [0.29, 0.717) is 15.6 Å². The highest BCUT2D eigenvalue weighted by molar-refractivity contribution is 6.35. The van der Waals surface area contributed by atoms with Crippen molar-refractivity contribution in [3.8, 4) is 0 Å². The highest BCUT2D eigenvalue weighted by Crippen LogP contribution is 2.23. The number of benzene rings is 1. The van der Waals surface area contributed by atoms with Crippen LogP contribution in [0.2, 0.25) is 15.1 Å². The van der Waals surface area contributed by atoms with Gasteiger partial charge in [0.1, 0.15) is 6.61 Å². The second-order valence-electron chi connectivity index (χ2n) is 5.03. The lowest BCUT2D eigenvalue weighted by molar-refractivity contribution is 0.0466. The molecule has 0 atom stereocenters. The molecule has 0 saturated carbocycles. The number of esters is 1. The second-order valence-corrected chi connectivity index (χ2v) is 6.28. The minimum Gasteiger partial charge on any atom is -0.456 e. The van der Waals surface area contributed by atoms with Crippen LogP contribution in [0.5, 0.6) is 0 Å². The molecule has 0 saturated heterocycles. The number of carbonyl (C=O) groups is 1. The fraction of sp³-hybridized carbons (Fsp3) is 0.250. The van der Waals surface area contributed by atoms with Gasteiger partial charge in [-0.15, -0.1) is 0 Å². The average Bonchev–Trinajstić information content (AvgIpc) is 2.46. The lowest BCUT2D eigenvalue weighted by atomic mass is 10.1.